The number of pyridine rings is 1. The number of aromatic hydroxyl groups is 3. The number of nitrogens with one attached hydrogen (secondary N) is 1. The van der Waals surface area contributed by atoms with Crippen molar-refractivity contribution in [3.63, 3.8) is 0 Å². The van der Waals surface area contributed by atoms with Crippen LogP contribution in [-0.2, 0) is 11.2 Å². The Balaban J connectivity index is 1.53. The summed E-state index contributed by atoms with van der Waals surface area (Å²) in [5, 5.41) is 34.6. The summed E-state index contributed by atoms with van der Waals surface area (Å²) >= 11 is 0. The predicted molar refractivity (Wildman–Crippen MR) is 147 cm³/mol. The molecule has 0 bridgehead atoms. The van der Waals surface area contributed by atoms with Gasteiger partial charge in [-0.2, -0.15) is 4.98 Å². The molecule has 1 atom stereocenters. The number of carbonyl (C=O) groups is 1. The smallest absolute Gasteiger partial charge is 0.265 e. The van der Waals surface area contributed by atoms with Gasteiger partial charge in [0.25, 0.3) is 5.56 Å². The van der Waals surface area contributed by atoms with Crippen molar-refractivity contribution in [3.8, 4) is 23.1 Å². The van der Waals surface area contributed by atoms with Gasteiger partial charge >= 0.3 is 0 Å². The first-order chi connectivity index (χ1) is 18.9. The van der Waals surface area contributed by atoms with Gasteiger partial charge in [0.15, 0.2) is 11.5 Å². The molecule has 0 aliphatic rings. The molecule has 0 spiro atoms. The Bertz CT molecular complexity index is 1750. The van der Waals surface area contributed by atoms with Crippen molar-refractivity contribution in [3.05, 3.63) is 106 Å². The number of ether oxygens (including phenoxy) is 1. The van der Waals surface area contributed by atoms with Crippen LogP contribution in [0.3, 0.4) is 0 Å². The lowest BCUT2D eigenvalue weighted by molar-refractivity contribution is -0.121. The molecule has 0 radical (unpaired) electrons. The van der Waals surface area contributed by atoms with E-state index in [-0.39, 0.29) is 35.9 Å². The number of hydrogen-bond acceptors (Lipinski definition) is 7. The SMILES string of the molecule is COc1ccc(C(CC(=O)NCCc2ccc(O)c(O)c2)c2c(O)nc3ccccn3c2=O)c2ccccc12. The van der Waals surface area contributed by atoms with Gasteiger partial charge in [0.1, 0.15) is 11.4 Å². The Morgan fingerprint density at radius 2 is 1.74 bits per heavy atom. The Hall–Kier alpha value is -5.05. The second-order valence-electron chi connectivity index (χ2n) is 9.17. The molecule has 0 saturated carbocycles. The standard InChI is InChI=1S/C30H27N3O6/c1-39-25-12-10-20(19-6-2-3-7-21(19)25)22(28-29(37)32-26-8-4-5-15-33(26)30(28)38)17-27(36)31-14-13-18-9-11-23(34)24(35)16-18/h2-12,15-16,22,34-35,37H,13-14,17H2,1H3,(H,31,36). The highest BCUT2D eigenvalue weighted by molar-refractivity contribution is 5.92. The minimum absolute atomic E-state index is 0.0210. The maximum atomic E-state index is 13.6. The van der Waals surface area contributed by atoms with E-state index in [0.717, 1.165) is 16.3 Å². The molecule has 3 aromatic carbocycles. The minimum atomic E-state index is -0.810. The maximum absolute atomic E-state index is 13.6. The third-order valence-corrected chi connectivity index (χ3v) is 6.78. The third kappa shape index (κ3) is 5.06. The average molecular weight is 526 g/mol. The Morgan fingerprint density at radius 1 is 0.974 bits per heavy atom. The minimum Gasteiger partial charge on any atom is -0.504 e. The monoisotopic (exact) mass is 525 g/mol. The summed E-state index contributed by atoms with van der Waals surface area (Å²) in [4.78, 5) is 31.1. The summed E-state index contributed by atoms with van der Waals surface area (Å²) in [6.45, 7) is 0.264. The second kappa shape index (κ2) is 10.7. The van der Waals surface area contributed by atoms with Crippen LogP contribution in [-0.4, -0.2) is 44.3 Å². The van der Waals surface area contributed by atoms with Gasteiger partial charge < -0.3 is 25.4 Å². The number of phenols is 2. The molecule has 2 aromatic heterocycles. The van der Waals surface area contributed by atoms with Crippen molar-refractivity contribution >= 4 is 22.3 Å². The number of amides is 1. The predicted octanol–water partition coefficient (Wildman–Crippen LogP) is 3.85. The number of aromatic nitrogens is 2. The molecule has 9 heteroatoms. The first-order valence-corrected chi connectivity index (χ1v) is 12.4. The fourth-order valence-corrected chi connectivity index (χ4v) is 4.87. The van der Waals surface area contributed by atoms with Crippen molar-refractivity contribution in [2.75, 3.05) is 13.7 Å². The first kappa shape index (κ1) is 25.6. The van der Waals surface area contributed by atoms with E-state index in [1.165, 1.54) is 16.5 Å². The summed E-state index contributed by atoms with van der Waals surface area (Å²) in [6, 6.07) is 20.6. The van der Waals surface area contributed by atoms with Crippen LogP contribution in [0.25, 0.3) is 16.4 Å². The molecule has 198 valence electrons. The number of phenolic OH excluding ortho intramolecular Hbond substituents is 2. The van der Waals surface area contributed by atoms with E-state index >= 15 is 0 Å². The lowest BCUT2D eigenvalue weighted by atomic mass is 9.85. The molecule has 1 amide bonds. The molecule has 5 rings (SSSR count). The normalized spacial score (nSPS) is 11.9. The molecule has 4 N–H and O–H groups in total. The van der Waals surface area contributed by atoms with Gasteiger partial charge in [-0.15, -0.1) is 0 Å². The van der Waals surface area contributed by atoms with Crippen molar-refractivity contribution in [1.29, 1.82) is 0 Å². The molecule has 5 aromatic rings. The third-order valence-electron chi connectivity index (χ3n) is 6.78. The van der Waals surface area contributed by atoms with Crippen molar-refractivity contribution in [1.82, 2.24) is 14.7 Å². The first-order valence-electron chi connectivity index (χ1n) is 12.4. The maximum Gasteiger partial charge on any atom is 0.265 e. The van der Waals surface area contributed by atoms with Crippen LogP contribution in [0.2, 0.25) is 0 Å². The van der Waals surface area contributed by atoms with Gasteiger partial charge in [0.2, 0.25) is 11.8 Å². The largest absolute Gasteiger partial charge is 0.504 e. The molecule has 0 fully saturated rings. The summed E-state index contributed by atoms with van der Waals surface area (Å²) in [6.07, 6.45) is 1.87. The molecule has 9 nitrogen and oxygen atoms in total. The molecule has 0 aliphatic heterocycles. The van der Waals surface area contributed by atoms with Crippen LogP contribution >= 0.6 is 0 Å². The van der Waals surface area contributed by atoms with Crippen molar-refractivity contribution in [2.24, 2.45) is 0 Å². The van der Waals surface area contributed by atoms with Crippen LogP contribution in [0.4, 0.5) is 0 Å². The number of methoxy groups -OCH3 is 1. The zero-order valence-electron chi connectivity index (χ0n) is 21.2. The van der Waals surface area contributed by atoms with Crippen molar-refractivity contribution in [2.45, 2.75) is 18.8 Å². The number of fused-ring (bicyclic) bond motifs is 2. The quantitative estimate of drug-likeness (QED) is 0.226. The van der Waals surface area contributed by atoms with Gasteiger partial charge in [0, 0.05) is 30.5 Å². The molecular weight excluding hydrogens is 498 g/mol. The zero-order chi connectivity index (χ0) is 27.5. The van der Waals surface area contributed by atoms with E-state index in [1.807, 2.05) is 24.3 Å². The highest BCUT2D eigenvalue weighted by Crippen LogP contribution is 2.38. The molecule has 0 aliphatic carbocycles. The Kier molecular flexibility index (Phi) is 7.05. The van der Waals surface area contributed by atoms with Gasteiger partial charge in [-0.3, -0.25) is 14.0 Å². The highest BCUT2D eigenvalue weighted by atomic mass is 16.5. The molecular formula is C30H27N3O6. The number of carbonyl (C=O) groups excluding carboxylic acids is 1. The zero-order valence-corrected chi connectivity index (χ0v) is 21.2. The fraction of sp³-hybridized carbons (Fsp3) is 0.167. The van der Waals surface area contributed by atoms with E-state index < -0.39 is 17.4 Å². The number of benzene rings is 3. The number of nitrogens with zero attached hydrogens (tertiary/aromatic N) is 2. The fourth-order valence-electron chi connectivity index (χ4n) is 4.87. The highest BCUT2D eigenvalue weighted by Gasteiger charge is 2.28. The van der Waals surface area contributed by atoms with Gasteiger partial charge in [0.05, 0.1) is 12.7 Å². The summed E-state index contributed by atoms with van der Waals surface area (Å²) < 4.78 is 6.87. The molecule has 39 heavy (non-hydrogen) atoms. The van der Waals surface area contributed by atoms with E-state index in [2.05, 4.69) is 10.3 Å². The topological polar surface area (TPSA) is 133 Å². The van der Waals surface area contributed by atoms with Crippen LogP contribution in [0, 0.1) is 0 Å². The van der Waals surface area contributed by atoms with Crippen LogP contribution < -0.4 is 15.6 Å². The van der Waals surface area contributed by atoms with Crippen molar-refractivity contribution < 1.29 is 24.9 Å². The van der Waals surface area contributed by atoms with Gasteiger partial charge in [-0.25, -0.2) is 0 Å². The van der Waals surface area contributed by atoms with E-state index in [9.17, 15) is 24.9 Å². The number of hydrogen-bond donors (Lipinski definition) is 4. The summed E-state index contributed by atoms with van der Waals surface area (Å²) in [5.74, 6) is -1.37. The number of rotatable bonds is 8. The van der Waals surface area contributed by atoms with E-state index in [1.54, 1.807) is 49.7 Å². The van der Waals surface area contributed by atoms with Crippen LogP contribution in [0.15, 0.2) is 83.8 Å². The van der Waals surface area contributed by atoms with Crippen LogP contribution in [0.1, 0.15) is 29.0 Å². The second-order valence-corrected chi connectivity index (χ2v) is 9.17. The van der Waals surface area contributed by atoms with E-state index in [0.29, 0.717) is 23.4 Å². The van der Waals surface area contributed by atoms with Gasteiger partial charge in [-0.1, -0.05) is 42.5 Å². The lowest BCUT2D eigenvalue weighted by Gasteiger charge is -2.21. The molecule has 2 heterocycles. The Morgan fingerprint density at radius 3 is 2.51 bits per heavy atom. The van der Waals surface area contributed by atoms with Gasteiger partial charge in [-0.05, 0) is 53.3 Å². The Labute approximate surface area is 223 Å². The van der Waals surface area contributed by atoms with Crippen LogP contribution in [0.5, 0.6) is 23.1 Å². The van der Waals surface area contributed by atoms with E-state index in [4.69, 9.17) is 4.74 Å². The summed E-state index contributed by atoms with van der Waals surface area (Å²) in [7, 11) is 1.58. The lowest BCUT2D eigenvalue weighted by Crippen LogP contribution is -2.30. The molecule has 1 unspecified atom stereocenters. The average Bonchev–Trinajstić information content (AvgIpc) is 2.94. The summed E-state index contributed by atoms with van der Waals surface area (Å²) in [5.41, 5.74) is 1.26. The molecule has 0 saturated heterocycles.